The summed E-state index contributed by atoms with van der Waals surface area (Å²) in [6, 6.07) is 6.43. The lowest BCUT2D eigenvalue weighted by atomic mass is 10.1. The summed E-state index contributed by atoms with van der Waals surface area (Å²) in [6.07, 6.45) is 0.887. The van der Waals surface area contributed by atoms with Crippen LogP contribution >= 0.6 is 27.7 Å². The van der Waals surface area contributed by atoms with Gasteiger partial charge in [-0.25, -0.2) is 0 Å². The highest BCUT2D eigenvalue weighted by molar-refractivity contribution is 9.10. The molecule has 0 saturated carbocycles. The van der Waals surface area contributed by atoms with Gasteiger partial charge in [0.05, 0.1) is 6.07 Å². The van der Waals surface area contributed by atoms with Crippen molar-refractivity contribution in [1.82, 2.24) is 0 Å². The van der Waals surface area contributed by atoms with Gasteiger partial charge in [-0.15, -0.1) is 0 Å². The average molecular weight is 310 g/mol. The lowest BCUT2D eigenvalue weighted by Gasteiger charge is -2.08. The van der Waals surface area contributed by atoms with Gasteiger partial charge in [0.25, 0.3) is 0 Å². The maximum Gasteiger partial charge on any atom is 0.446 e. The number of aryl methyl sites for hydroxylation is 1. The maximum atomic E-state index is 12.1. The number of halogens is 4. The predicted octanol–water partition coefficient (Wildman–Crippen LogP) is 4.52. The molecule has 0 spiro atoms. The highest BCUT2D eigenvalue weighted by atomic mass is 79.9. The quantitative estimate of drug-likeness (QED) is 0.767. The van der Waals surface area contributed by atoms with Crippen LogP contribution in [0.25, 0.3) is 0 Å². The Morgan fingerprint density at radius 3 is 2.56 bits per heavy atom. The topological polar surface area (TPSA) is 23.8 Å². The second kappa shape index (κ2) is 5.60. The Morgan fingerprint density at radius 2 is 2.06 bits per heavy atom. The first-order valence-corrected chi connectivity index (χ1v) is 5.94. The fraction of sp³-hybridized carbons (Fsp3) is 0.300. The molecule has 0 aliphatic carbocycles. The number of nitriles is 1. The molecule has 16 heavy (non-hydrogen) atoms. The molecular formula is C10H7BrF3NS. The summed E-state index contributed by atoms with van der Waals surface area (Å²) in [5.74, 6) is 0. The summed E-state index contributed by atoms with van der Waals surface area (Å²) in [4.78, 5) is 0.139. The number of thioether (sulfide) groups is 1. The van der Waals surface area contributed by atoms with E-state index in [1.807, 2.05) is 6.07 Å². The fourth-order valence-corrected chi connectivity index (χ4v) is 2.43. The molecule has 0 saturated heterocycles. The molecule has 6 heteroatoms. The molecule has 0 aromatic heterocycles. The molecule has 86 valence electrons. The molecule has 1 nitrogen and oxygen atoms in total. The monoisotopic (exact) mass is 309 g/mol. The highest BCUT2D eigenvalue weighted by Gasteiger charge is 2.29. The number of nitrogens with zero attached hydrogens (tertiary/aromatic N) is 1. The van der Waals surface area contributed by atoms with Crippen molar-refractivity contribution in [2.24, 2.45) is 0 Å². The van der Waals surface area contributed by atoms with Crippen LogP contribution in [0, 0.1) is 11.3 Å². The van der Waals surface area contributed by atoms with Gasteiger partial charge in [-0.05, 0) is 35.9 Å². The second-order valence-electron chi connectivity index (χ2n) is 2.96. The molecule has 1 aromatic rings. The largest absolute Gasteiger partial charge is 0.446 e. The van der Waals surface area contributed by atoms with Crippen LogP contribution in [0.2, 0.25) is 0 Å². The third kappa shape index (κ3) is 4.45. The van der Waals surface area contributed by atoms with E-state index in [4.69, 9.17) is 5.26 Å². The first-order valence-electron chi connectivity index (χ1n) is 4.33. The van der Waals surface area contributed by atoms with Gasteiger partial charge in [-0.3, -0.25) is 0 Å². The molecule has 0 aliphatic rings. The predicted molar refractivity (Wildman–Crippen MR) is 60.0 cm³/mol. The molecule has 0 radical (unpaired) electrons. The first kappa shape index (κ1) is 13.4. The number of alkyl halides is 3. The number of benzene rings is 1. The third-order valence-electron chi connectivity index (χ3n) is 1.76. The van der Waals surface area contributed by atoms with Gasteiger partial charge in [0, 0.05) is 15.8 Å². The van der Waals surface area contributed by atoms with Gasteiger partial charge in [0.2, 0.25) is 0 Å². The van der Waals surface area contributed by atoms with E-state index in [1.165, 1.54) is 12.1 Å². The molecule has 0 bridgehead atoms. The van der Waals surface area contributed by atoms with Crippen LogP contribution in [0.15, 0.2) is 27.6 Å². The summed E-state index contributed by atoms with van der Waals surface area (Å²) in [6.45, 7) is 0. The van der Waals surface area contributed by atoms with Gasteiger partial charge in [-0.2, -0.15) is 18.4 Å². The zero-order valence-electron chi connectivity index (χ0n) is 8.01. The molecule has 0 aliphatic heterocycles. The van der Waals surface area contributed by atoms with Crippen LogP contribution in [0.3, 0.4) is 0 Å². The van der Waals surface area contributed by atoms with E-state index in [1.54, 1.807) is 6.07 Å². The van der Waals surface area contributed by atoms with Crippen molar-refractivity contribution in [1.29, 1.82) is 5.26 Å². The van der Waals surface area contributed by atoms with Gasteiger partial charge in [0.15, 0.2) is 0 Å². The zero-order valence-corrected chi connectivity index (χ0v) is 10.4. The Morgan fingerprint density at radius 1 is 1.38 bits per heavy atom. The summed E-state index contributed by atoms with van der Waals surface area (Å²) in [5.41, 5.74) is -3.43. The van der Waals surface area contributed by atoms with Crippen LogP contribution in [0.5, 0.6) is 0 Å². The normalized spacial score (nSPS) is 11.2. The van der Waals surface area contributed by atoms with Crippen LogP contribution < -0.4 is 0 Å². The van der Waals surface area contributed by atoms with Crippen LogP contribution in [0.1, 0.15) is 12.0 Å². The van der Waals surface area contributed by atoms with Crippen molar-refractivity contribution in [3.63, 3.8) is 0 Å². The Kier molecular flexibility index (Phi) is 4.69. The molecule has 1 aromatic carbocycles. The minimum Gasteiger partial charge on any atom is -0.198 e. The molecule has 1 rings (SSSR count). The zero-order chi connectivity index (χ0) is 12.2. The number of hydrogen-bond acceptors (Lipinski definition) is 2. The van der Waals surface area contributed by atoms with Crippen LogP contribution in [-0.4, -0.2) is 5.51 Å². The first-order chi connectivity index (χ1) is 7.42. The third-order valence-corrected chi connectivity index (χ3v) is 3.22. The number of rotatable bonds is 3. The lowest BCUT2D eigenvalue weighted by molar-refractivity contribution is -0.0328. The number of hydrogen-bond donors (Lipinski definition) is 0. The van der Waals surface area contributed by atoms with Gasteiger partial charge < -0.3 is 0 Å². The molecule has 0 amide bonds. The summed E-state index contributed by atoms with van der Waals surface area (Å²) in [7, 11) is 0. The molecule has 0 N–H and O–H groups in total. The average Bonchev–Trinajstić information content (AvgIpc) is 2.14. The Bertz CT molecular complexity index is 412. The van der Waals surface area contributed by atoms with E-state index in [0.717, 1.165) is 5.56 Å². The fourth-order valence-electron chi connectivity index (χ4n) is 1.12. The minimum absolute atomic E-state index is 0.139. The molecule has 0 atom stereocenters. The highest BCUT2D eigenvalue weighted by Crippen LogP contribution is 2.38. The second-order valence-corrected chi connectivity index (χ2v) is 4.95. The van der Waals surface area contributed by atoms with E-state index in [2.05, 4.69) is 15.9 Å². The summed E-state index contributed by atoms with van der Waals surface area (Å²) >= 11 is 3.05. The van der Waals surface area contributed by atoms with Crippen molar-refractivity contribution in [3.8, 4) is 6.07 Å². The molecular weight excluding hydrogens is 303 g/mol. The van der Waals surface area contributed by atoms with Crippen LogP contribution in [0.4, 0.5) is 13.2 Å². The van der Waals surface area contributed by atoms with E-state index in [0.29, 0.717) is 17.3 Å². The minimum atomic E-state index is -4.27. The van der Waals surface area contributed by atoms with Crippen molar-refractivity contribution < 1.29 is 13.2 Å². The van der Waals surface area contributed by atoms with E-state index in [9.17, 15) is 13.2 Å². The van der Waals surface area contributed by atoms with Gasteiger partial charge >= 0.3 is 5.51 Å². The van der Waals surface area contributed by atoms with Crippen molar-refractivity contribution in [3.05, 3.63) is 28.2 Å². The van der Waals surface area contributed by atoms with Crippen molar-refractivity contribution >= 4 is 27.7 Å². The van der Waals surface area contributed by atoms with Gasteiger partial charge in [0.1, 0.15) is 0 Å². The standard InChI is InChI=1S/C10H7BrF3NS/c11-9-6-8(16-10(12,13)14)4-3-7(9)2-1-5-15/h3-4,6H,1-2H2. The van der Waals surface area contributed by atoms with E-state index < -0.39 is 5.51 Å². The van der Waals surface area contributed by atoms with Crippen LogP contribution in [-0.2, 0) is 6.42 Å². The molecule has 0 fully saturated rings. The van der Waals surface area contributed by atoms with E-state index in [-0.39, 0.29) is 16.7 Å². The molecule has 0 unspecified atom stereocenters. The van der Waals surface area contributed by atoms with E-state index >= 15 is 0 Å². The molecule has 0 heterocycles. The Hall–Kier alpha value is -0.670. The maximum absolute atomic E-state index is 12.1. The smallest absolute Gasteiger partial charge is 0.198 e. The van der Waals surface area contributed by atoms with Gasteiger partial charge in [-0.1, -0.05) is 22.0 Å². The Balaban J connectivity index is 2.79. The SMILES string of the molecule is N#CCCc1ccc(SC(F)(F)F)cc1Br. The van der Waals surface area contributed by atoms with Crippen molar-refractivity contribution in [2.45, 2.75) is 23.2 Å². The van der Waals surface area contributed by atoms with Crippen molar-refractivity contribution in [2.75, 3.05) is 0 Å². The Labute approximate surface area is 104 Å². The summed E-state index contributed by atoms with van der Waals surface area (Å²) in [5, 5.41) is 8.41. The summed E-state index contributed by atoms with van der Waals surface area (Å²) < 4.78 is 36.9. The lowest BCUT2D eigenvalue weighted by Crippen LogP contribution is -1.99.